The van der Waals surface area contributed by atoms with Gasteiger partial charge in [-0.15, -0.1) is 0 Å². The van der Waals surface area contributed by atoms with E-state index >= 15 is 0 Å². The van der Waals surface area contributed by atoms with Crippen LogP contribution in [0.4, 0.5) is 0 Å². The van der Waals surface area contributed by atoms with Crippen molar-refractivity contribution in [1.29, 1.82) is 0 Å². The Morgan fingerprint density at radius 2 is 1.44 bits per heavy atom. The fourth-order valence-corrected chi connectivity index (χ4v) is 3.07. The minimum atomic E-state index is -0.396. The second kappa shape index (κ2) is 6.59. The Kier molecular flexibility index (Phi) is 4.37. The van der Waals surface area contributed by atoms with Crippen molar-refractivity contribution >= 4 is 12.6 Å². The van der Waals surface area contributed by atoms with Crippen molar-refractivity contribution in [2.45, 2.75) is 38.9 Å². The lowest BCUT2D eigenvalue weighted by atomic mass is 9.78. The van der Waals surface area contributed by atoms with E-state index < -0.39 is 7.12 Å². The number of rotatable bonds is 3. The minimum absolute atomic E-state index is 0.364. The van der Waals surface area contributed by atoms with Crippen LogP contribution in [0.15, 0.2) is 66.9 Å². The summed E-state index contributed by atoms with van der Waals surface area (Å²) in [4.78, 5) is 9.21. The lowest BCUT2D eigenvalue weighted by Crippen LogP contribution is -2.41. The summed E-state index contributed by atoms with van der Waals surface area (Å²) in [6.45, 7) is 8.24. The zero-order valence-electron chi connectivity index (χ0n) is 16.1. The van der Waals surface area contributed by atoms with Crippen LogP contribution in [0.1, 0.15) is 27.7 Å². The van der Waals surface area contributed by atoms with Crippen LogP contribution in [0.25, 0.3) is 22.6 Å². The molecule has 4 nitrogen and oxygen atoms in total. The fraction of sp³-hybridized carbons (Fsp3) is 0.273. The molecule has 1 aromatic heterocycles. The topological polar surface area (TPSA) is 44.2 Å². The van der Waals surface area contributed by atoms with Gasteiger partial charge in [-0.05, 0) is 39.2 Å². The zero-order valence-corrected chi connectivity index (χ0v) is 16.1. The third-order valence-corrected chi connectivity index (χ3v) is 5.40. The van der Waals surface area contributed by atoms with E-state index in [4.69, 9.17) is 14.3 Å². The maximum atomic E-state index is 6.17. The molecule has 1 aliphatic heterocycles. The highest BCUT2D eigenvalue weighted by Gasteiger charge is 2.51. The van der Waals surface area contributed by atoms with Crippen LogP contribution < -0.4 is 5.46 Å². The summed E-state index contributed by atoms with van der Waals surface area (Å²) in [5, 5.41) is 0. The zero-order chi connectivity index (χ0) is 19.1. The average Bonchev–Trinajstić information content (AvgIpc) is 2.90. The molecule has 0 atom stereocenters. The van der Waals surface area contributed by atoms with Gasteiger partial charge in [-0.25, -0.2) is 9.97 Å². The molecule has 136 valence electrons. The van der Waals surface area contributed by atoms with E-state index in [1.54, 1.807) is 6.20 Å². The third kappa shape index (κ3) is 3.40. The molecule has 0 amide bonds. The smallest absolute Gasteiger partial charge is 0.399 e. The molecule has 3 aromatic rings. The van der Waals surface area contributed by atoms with Crippen molar-refractivity contribution in [2.75, 3.05) is 0 Å². The molecule has 0 spiro atoms. The van der Waals surface area contributed by atoms with Crippen LogP contribution >= 0.6 is 0 Å². The Morgan fingerprint density at radius 1 is 0.778 bits per heavy atom. The van der Waals surface area contributed by atoms with E-state index in [-0.39, 0.29) is 11.2 Å². The first kappa shape index (κ1) is 17.9. The Balaban J connectivity index is 1.66. The highest BCUT2D eigenvalue weighted by Crippen LogP contribution is 2.36. The van der Waals surface area contributed by atoms with Crippen LogP contribution in [-0.4, -0.2) is 28.3 Å². The van der Waals surface area contributed by atoms with Crippen molar-refractivity contribution in [3.05, 3.63) is 66.9 Å². The van der Waals surface area contributed by atoms with E-state index in [9.17, 15) is 0 Å². The molecule has 2 heterocycles. The summed E-state index contributed by atoms with van der Waals surface area (Å²) in [6, 6.07) is 20.1. The van der Waals surface area contributed by atoms with Gasteiger partial charge in [0.15, 0.2) is 5.82 Å². The first-order chi connectivity index (χ1) is 12.9. The van der Waals surface area contributed by atoms with Gasteiger partial charge in [-0.3, -0.25) is 0 Å². The summed E-state index contributed by atoms with van der Waals surface area (Å²) in [5.74, 6) is 0.690. The molecule has 4 rings (SSSR count). The number of nitrogens with zero attached hydrogens (tertiary/aromatic N) is 2. The van der Waals surface area contributed by atoms with Gasteiger partial charge in [0, 0.05) is 17.3 Å². The Bertz CT molecular complexity index is 941. The number of hydrogen-bond acceptors (Lipinski definition) is 4. The van der Waals surface area contributed by atoms with Crippen LogP contribution in [0.2, 0.25) is 0 Å². The van der Waals surface area contributed by atoms with Gasteiger partial charge in [-0.2, -0.15) is 0 Å². The first-order valence-electron chi connectivity index (χ1n) is 9.20. The van der Waals surface area contributed by atoms with Crippen LogP contribution in [0.5, 0.6) is 0 Å². The van der Waals surface area contributed by atoms with E-state index in [2.05, 4.69) is 32.7 Å². The van der Waals surface area contributed by atoms with Gasteiger partial charge < -0.3 is 9.31 Å². The van der Waals surface area contributed by atoms with Gasteiger partial charge >= 0.3 is 7.12 Å². The van der Waals surface area contributed by atoms with E-state index in [0.29, 0.717) is 5.82 Å². The largest absolute Gasteiger partial charge is 0.494 e. The lowest BCUT2D eigenvalue weighted by molar-refractivity contribution is 0.00578. The van der Waals surface area contributed by atoms with Gasteiger partial charge in [-0.1, -0.05) is 54.6 Å². The molecule has 0 unspecified atom stereocenters. The summed E-state index contributed by atoms with van der Waals surface area (Å²) < 4.78 is 12.3. The quantitative estimate of drug-likeness (QED) is 0.661. The number of aromatic nitrogens is 2. The van der Waals surface area contributed by atoms with Crippen molar-refractivity contribution in [1.82, 2.24) is 9.97 Å². The molecule has 1 aliphatic rings. The van der Waals surface area contributed by atoms with Gasteiger partial charge in [0.25, 0.3) is 0 Å². The maximum Gasteiger partial charge on any atom is 0.494 e. The monoisotopic (exact) mass is 358 g/mol. The Hall–Kier alpha value is -2.50. The number of hydrogen-bond donors (Lipinski definition) is 0. The predicted octanol–water partition coefficient (Wildman–Crippen LogP) is 4.11. The molecule has 0 N–H and O–H groups in total. The third-order valence-electron chi connectivity index (χ3n) is 5.40. The van der Waals surface area contributed by atoms with Crippen molar-refractivity contribution in [3.63, 3.8) is 0 Å². The van der Waals surface area contributed by atoms with Crippen LogP contribution in [-0.2, 0) is 9.31 Å². The molecule has 5 heteroatoms. The van der Waals surface area contributed by atoms with Gasteiger partial charge in [0.05, 0.1) is 16.9 Å². The molecular weight excluding hydrogens is 335 g/mol. The molecule has 27 heavy (non-hydrogen) atoms. The maximum absolute atomic E-state index is 6.17. The summed E-state index contributed by atoms with van der Waals surface area (Å²) in [7, 11) is -0.396. The predicted molar refractivity (Wildman–Crippen MR) is 109 cm³/mol. The van der Waals surface area contributed by atoms with Crippen LogP contribution in [0, 0.1) is 0 Å². The molecule has 1 saturated heterocycles. The van der Waals surface area contributed by atoms with Crippen molar-refractivity contribution in [2.24, 2.45) is 0 Å². The summed E-state index contributed by atoms with van der Waals surface area (Å²) in [6.07, 6.45) is 1.80. The highest BCUT2D eigenvalue weighted by atomic mass is 16.7. The van der Waals surface area contributed by atoms with Gasteiger partial charge in [0.1, 0.15) is 0 Å². The van der Waals surface area contributed by atoms with E-state index in [0.717, 1.165) is 22.3 Å². The average molecular weight is 358 g/mol. The second-order valence-corrected chi connectivity index (χ2v) is 7.85. The summed E-state index contributed by atoms with van der Waals surface area (Å²) >= 11 is 0. The molecule has 1 fully saturated rings. The SMILES string of the molecule is CC1(C)OB(c2cccc(-c3nccc(-c4ccccc4)n3)c2)OC1(C)C. The van der Waals surface area contributed by atoms with Crippen molar-refractivity contribution < 1.29 is 9.31 Å². The van der Waals surface area contributed by atoms with Crippen molar-refractivity contribution in [3.8, 4) is 22.6 Å². The lowest BCUT2D eigenvalue weighted by Gasteiger charge is -2.32. The molecule has 0 saturated carbocycles. The highest BCUT2D eigenvalue weighted by molar-refractivity contribution is 6.62. The van der Waals surface area contributed by atoms with Gasteiger partial charge in [0.2, 0.25) is 0 Å². The molecular formula is C22H23BN2O2. The number of benzene rings is 2. The Labute approximate surface area is 160 Å². The molecule has 2 aromatic carbocycles. The molecule has 0 radical (unpaired) electrons. The van der Waals surface area contributed by atoms with Crippen LogP contribution in [0.3, 0.4) is 0 Å². The minimum Gasteiger partial charge on any atom is -0.399 e. The Morgan fingerprint density at radius 3 is 2.15 bits per heavy atom. The molecule has 0 bridgehead atoms. The first-order valence-corrected chi connectivity index (χ1v) is 9.20. The van der Waals surface area contributed by atoms with E-state index in [1.807, 2.05) is 60.7 Å². The fourth-order valence-electron chi connectivity index (χ4n) is 3.07. The van der Waals surface area contributed by atoms with E-state index in [1.165, 1.54) is 0 Å². The second-order valence-electron chi connectivity index (χ2n) is 7.85. The molecule has 0 aliphatic carbocycles. The standard InChI is InChI=1S/C22H23BN2O2/c1-21(2)22(3,4)27-23(26-21)18-12-8-11-17(15-18)20-24-14-13-19(25-20)16-9-6-5-7-10-16/h5-15H,1-4H3. The summed E-state index contributed by atoms with van der Waals surface area (Å²) in [5.41, 5.74) is 3.17. The normalized spacial score (nSPS) is 17.9.